The summed E-state index contributed by atoms with van der Waals surface area (Å²) in [4.78, 5) is 12.8. The van der Waals surface area contributed by atoms with E-state index in [1.807, 2.05) is 43.3 Å². The molecule has 0 atom stereocenters. The summed E-state index contributed by atoms with van der Waals surface area (Å²) in [5.41, 5.74) is 1.86. The van der Waals surface area contributed by atoms with Gasteiger partial charge in [0, 0.05) is 25.7 Å². The molecule has 0 unspecified atom stereocenters. The van der Waals surface area contributed by atoms with E-state index in [2.05, 4.69) is 5.32 Å². The van der Waals surface area contributed by atoms with Crippen molar-refractivity contribution in [3.05, 3.63) is 83.4 Å². The Hall–Kier alpha value is -3.56. The smallest absolute Gasteiger partial charge is 0.251 e. The fourth-order valence-electron chi connectivity index (χ4n) is 3.49. The van der Waals surface area contributed by atoms with Crippen LogP contribution in [-0.2, 0) is 23.1 Å². The summed E-state index contributed by atoms with van der Waals surface area (Å²) in [6.07, 6.45) is 0. The van der Waals surface area contributed by atoms with Crippen LogP contribution in [0, 0.1) is 0 Å². The molecule has 0 radical (unpaired) electrons. The molecule has 3 rings (SSSR count). The van der Waals surface area contributed by atoms with Gasteiger partial charge in [-0.05, 0) is 48.4 Å². The third-order valence-electron chi connectivity index (χ3n) is 5.34. The maximum Gasteiger partial charge on any atom is 0.251 e. The van der Waals surface area contributed by atoms with Crippen LogP contribution >= 0.6 is 0 Å². The van der Waals surface area contributed by atoms with Crippen LogP contribution < -0.4 is 19.5 Å². The zero-order valence-electron chi connectivity index (χ0n) is 20.3. The molecule has 0 aromatic heterocycles. The second-order valence-electron chi connectivity index (χ2n) is 7.71. The fourth-order valence-corrected chi connectivity index (χ4v) is 4.83. The molecule has 0 aliphatic carbocycles. The lowest BCUT2D eigenvalue weighted by Gasteiger charge is -2.19. The Balaban J connectivity index is 1.79. The van der Waals surface area contributed by atoms with Crippen LogP contribution in [0.25, 0.3) is 0 Å². The number of carbonyl (C=O) groups excluding carboxylic acids is 1. The first-order valence-electron chi connectivity index (χ1n) is 11.1. The summed E-state index contributed by atoms with van der Waals surface area (Å²) in [6.45, 7) is 2.80. The molecular formula is C26H30N2O6S. The van der Waals surface area contributed by atoms with Gasteiger partial charge in [-0.3, -0.25) is 4.79 Å². The monoisotopic (exact) mass is 498 g/mol. The number of amides is 1. The second kappa shape index (κ2) is 11.7. The molecule has 9 heteroatoms. The molecule has 3 aromatic carbocycles. The van der Waals surface area contributed by atoms with E-state index in [1.165, 1.54) is 36.7 Å². The molecule has 1 N–H and O–H groups in total. The maximum absolute atomic E-state index is 13.3. The van der Waals surface area contributed by atoms with E-state index < -0.39 is 15.9 Å². The lowest BCUT2D eigenvalue weighted by molar-refractivity contribution is 0.0950. The third-order valence-corrected chi connectivity index (χ3v) is 7.17. The van der Waals surface area contributed by atoms with Crippen molar-refractivity contribution in [2.24, 2.45) is 0 Å². The number of hydrogen-bond acceptors (Lipinski definition) is 6. The number of sulfonamides is 1. The normalized spacial score (nSPS) is 11.2. The SMILES string of the molecule is CCOc1ccc(CNC(=O)c2ccc(OC)c(S(=O)(=O)N(C)Cc3ccccc3)c2)cc1OC. The van der Waals surface area contributed by atoms with Gasteiger partial charge in [0.15, 0.2) is 11.5 Å². The van der Waals surface area contributed by atoms with E-state index in [0.717, 1.165) is 11.1 Å². The molecule has 0 spiro atoms. The van der Waals surface area contributed by atoms with Crippen molar-refractivity contribution in [2.75, 3.05) is 27.9 Å². The Morgan fingerprint density at radius 2 is 1.57 bits per heavy atom. The van der Waals surface area contributed by atoms with Crippen molar-refractivity contribution in [3.8, 4) is 17.2 Å². The highest BCUT2D eigenvalue weighted by Gasteiger charge is 2.26. The molecule has 0 heterocycles. The largest absolute Gasteiger partial charge is 0.495 e. The van der Waals surface area contributed by atoms with Gasteiger partial charge in [0.05, 0.1) is 20.8 Å². The lowest BCUT2D eigenvalue weighted by Crippen LogP contribution is -2.28. The molecule has 35 heavy (non-hydrogen) atoms. The van der Waals surface area contributed by atoms with E-state index >= 15 is 0 Å². The quantitative estimate of drug-likeness (QED) is 0.432. The van der Waals surface area contributed by atoms with E-state index in [-0.39, 0.29) is 29.3 Å². The number of hydrogen-bond donors (Lipinski definition) is 1. The number of ether oxygens (including phenoxy) is 3. The molecule has 186 valence electrons. The topological polar surface area (TPSA) is 94.2 Å². The molecule has 1 amide bonds. The minimum Gasteiger partial charge on any atom is -0.495 e. The van der Waals surface area contributed by atoms with E-state index in [4.69, 9.17) is 14.2 Å². The first kappa shape index (κ1) is 26.1. The fraction of sp³-hybridized carbons (Fsp3) is 0.269. The van der Waals surface area contributed by atoms with Gasteiger partial charge < -0.3 is 19.5 Å². The number of carbonyl (C=O) groups is 1. The highest BCUT2D eigenvalue weighted by atomic mass is 32.2. The highest BCUT2D eigenvalue weighted by Crippen LogP contribution is 2.29. The first-order valence-corrected chi connectivity index (χ1v) is 12.5. The predicted molar refractivity (Wildman–Crippen MR) is 133 cm³/mol. The minimum atomic E-state index is -3.92. The lowest BCUT2D eigenvalue weighted by atomic mass is 10.1. The third kappa shape index (κ3) is 6.32. The van der Waals surface area contributed by atoms with Gasteiger partial charge in [0.2, 0.25) is 10.0 Å². The molecule has 0 saturated heterocycles. The Morgan fingerprint density at radius 1 is 0.886 bits per heavy atom. The number of nitrogens with one attached hydrogen (secondary N) is 1. The van der Waals surface area contributed by atoms with Crippen molar-refractivity contribution in [1.29, 1.82) is 0 Å². The summed E-state index contributed by atoms with van der Waals surface area (Å²) in [7, 11) is 0.513. The van der Waals surface area contributed by atoms with Gasteiger partial charge in [0.1, 0.15) is 10.6 Å². The maximum atomic E-state index is 13.3. The number of methoxy groups -OCH3 is 2. The van der Waals surface area contributed by atoms with Crippen molar-refractivity contribution in [1.82, 2.24) is 9.62 Å². The molecule has 3 aromatic rings. The Bertz CT molecular complexity index is 1260. The summed E-state index contributed by atoms with van der Waals surface area (Å²) in [6, 6.07) is 19.0. The Labute approximate surface area is 206 Å². The van der Waals surface area contributed by atoms with Gasteiger partial charge in [-0.25, -0.2) is 8.42 Å². The standard InChI is InChI=1S/C26H30N2O6S/c1-5-34-22-13-11-20(15-24(22)33-4)17-27-26(29)21-12-14-23(32-3)25(16-21)35(30,31)28(2)18-19-9-7-6-8-10-19/h6-16H,5,17-18H2,1-4H3,(H,27,29). The Morgan fingerprint density at radius 3 is 2.23 bits per heavy atom. The van der Waals surface area contributed by atoms with Gasteiger partial charge in [-0.1, -0.05) is 36.4 Å². The highest BCUT2D eigenvalue weighted by molar-refractivity contribution is 7.89. The summed E-state index contributed by atoms with van der Waals surface area (Å²) < 4.78 is 44.0. The Kier molecular flexibility index (Phi) is 8.73. The zero-order chi connectivity index (χ0) is 25.4. The van der Waals surface area contributed by atoms with Gasteiger partial charge in [-0.2, -0.15) is 4.31 Å². The van der Waals surface area contributed by atoms with Crippen LogP contribution in [0.5, 0.6) is 17.2 Å². The van der Waals surface area contributed by atoms with Crippen LogP contribution in [0.2, 0.25) is 0 Å². The van der Waals surface area contributed by atoms with E-state index in [0.29, 0.717) is 18.1 Å². The molecule has 8 nitrogen and oxygen atoms in total. The van der Waals surface area contributed by atoms with Crippen LogP contribution in [0.1, 0.15) is 28.4 Å². The van der Waals surface area contributed by atoms with Crippen molar-refractivity contribution < 1.29 is 27.4 Å². The summed E-state index contributed by atoms with van der Waals surface area (Å²) >= 11 is 0. The minimum absolute atomic E-state index is 0.0752. The van der Waals surface area contributed by atoms with Crippen LogP contribution in [0.3, 0.4) is 0 Å². The average molecular weight is 499 g/mol. The average Bonchev–Trinajstić information content (AvgIpc) is 2.88. The van der Waals surface area contributed by atoms with Crippen LogP contribution in [0.15, 0.2) is 71.6 Å². The van der Waals surface area contributed by atoms with Crippen molar-refractivity contribution in [2.45, 2.75) is 24.9 Å². The summed E-state index contributed by atoms with van der Waals surface area (Å²) in [5.74, 6) is 0.938. The van der Waals surface area contributed by atoms with Gasteiger partial charge in [-0.15, -0.1) is 0 Å². The molecule has 0 aliphatic rings. The first-order chi connectivity index (χ1) is 16.8. The van der Waals surface area contributed by atoms with E-state index in [1.54, 1.807) is 19.2 Å². The number of nitrogens with zero attached hydrogens (tertiary/aromatic N) is 1. The van der Waals surface area contributed by atoms with Gasteiger partial charge in [0.25, 0.3) is 5.91 Å². The molecular weight excluding hydrogens is 468 g/mol. The number of rotatable bonds is 11. The predicted octanol–water partition coefficient (Wildman–Crippen LogP) is 3.85. The van der Waals surface area contributed by atoms with Gasteiger partial charge >= 0.3 is 0 Å². The second-order valence-corrected chi connectivity index (χ2v) is 9.73. The molecule has 0 bridgehead atoms. The molecule has 0 saturated carbocycles. The summed E-state index contributed by atoms with van der Waals surface area (Å²) in [5, 5.41) is 2.82. The van der Waals surface area contributed by atoms with Crippen molar-refractivity contribution in [3.63, 3.8) is 0 Å². The van der Waals surface area contributed by atoms with E-state index in [9.17, 15) is 13.2 Å². The van der Waals surface area contributed by atoms with Crippen LogP contribution in [-0.4, -0.2) is 46.5 Å². The molecule has 0 aliphatic heterocycles. The zero-order valence-corrected chi connectivity index (χ0v) is 21.1. The van der Waals surface area contributed by atoms with Crippen LogP contribution in [0.4, 0.5) is 0 Å². The molecule has 0 fully saturated rings. The number of benzene rings is 3. The van der Waals surface area contributed by atoms with Crippen molar-refractivity contribution >= 4 is 15.9 Å².